The van der Waals surface area contributed by atoms with Crippen molar-refractivity contribution in [2.75, 3.05) is 0 Å². The predicted octanol–water partition coefficient (Wildman–Crippen LogP) is 4.57. The summed E-state index contributed by atoms with van der Waals surface area (Å²) in [5, 5.41) is 5.73. The van der Waals surface area contributed by atoms with E-state index in [4.69, 9.17) is 16.6 Å². The summed E-state index contributed by atoms with van der Waals surface area (Å²) in [5.74, 6) is 0. The summed E-state index contributed by atoms with van der Waals surface area (Å²) >= 11 is 6.29. The summed E-state index contributed by atoms with van der Waals surface area (Å²) in [6.07, 6.45) is 4.64. The van der Waals surface area contributed by atoms with E-state index in [1.54, 1.807) is 0 Å². The van der Waals surface area contributed by atoms with Crippen molar-refractivity contribution < 1.29 is 0 Å². The minimum atomic E-state index is 0.540. The first-order chi connectivity index (χ1) is 10.1. The monoisotopic (exact) mass is 302 g/mol. The first-order valence-corrected chi connectivity index (χ1v) is 8.32. The van der Waals surface area contributed by atoms with Gasteiger partial charge in [0.05, 0.1) is 5.52 Å². The Kier molecular flexibility index (Phi) is 4.19. The standard InChI is InChI=1S/C18H23ClN2/c1-4-11(2)20-10-15-13-6-5-7-17(13)21-18-12(3)16(19)9-8-14(15)18/h8-9,11,20H,4-7,10H2,1-3H3. The number of pyridine rings is 1. The SMILES string of the molecule is CCC(C)NCc1c2c(nc3c(C)c(Cl)ccc13)CCC2. The van der Waals surface area contributed by atoms with Crippen molar-refractivity contribution in [3.63, 3.8) is 0 Å². The van der Waals surface area contributed by atoms with Crippen LogP contribution in [0.5, 0.6) is 0 Å². The third-order valence-corrected chi connectivity index (χ3v) is 5.14. The van der Waals surface area contributed by atoms with E-state index in [0.717, 1.165) is 41.9 Å². The molecular formula is C18H23ClN2. The van der Waals surface area contributed by atoms with Gasteiger partial charge in [-0.15, -0.1) is 0 Å². The molecule has 2 aromatic rings. The van der Waals surface area contributed by atoms with E-state index in [1.165, 1.54) is 28.6 Å². The zero-order valence-electron chi connectivity index (χ0n) is 13.1. The lowest BCUT2D eigenvalue weighted by molar-refractivity contribution is 0.534. The first kappa shape index (κ1) is 14.8. The summed E-state index contributed by atoms with van der Waals surface area (Å²) in [7, 11) is 0. The molecule has 0 aliphatic heterocycles. The molecule has 21 heavy (non-hydrogen) atoms. The molecule has 0 bridgehead atoms. The van der Waals surface area contributed by atoms with E-state index in [0.29, 0.717) is 6.04 Å². The van der Waals surface area contributed by atoms with Gasteiger partial charge < -0.3 is 5.32 Å². The molecule has 1 aromatic heterocycles. The smallest absolute Gasteiger partial charge is 0.0752 e. The van der Waals surface area contributed by atoms with Gasteiger partial charge in [-0.3, -0.25) is 4.98 Å². The molecule has 3 rings (SSSR count). The second kappa shape index (κ2) is 5.94. The normalized spacial score (nSPS) is 15.4. The number of aryl methyl sites for hydroxylation is 2. The van der Waals surface area contributed by atoms with Crippen LogP contribution in [0.2, 0.25) is 5.02 Å². The van der Waals surface area contributed by atoms with Gasteiger partial charge in [0.2, 0.25) is 0 Å². The van der Waals surface area contributed by atoms with Gasteiger partial charge in [0.15, 0.2) is 0 Å². The maximum Gasteiger partial charge on any atom is 0.0752 e. The molecule has 1 unspecified atom stereocenters. The molecule has 0 saturated heterocycles. The van der Waals surface area contributed by atoms with E-state index >= 15 is 0 Å². The van der Waals surface area contributed by atoms with Gasteiger partial charge in [-0.1, -0.05) is 24.6 Å². The lowest BCUT2D eigenvalue weighted by Gasteiger charge is -2.17. The van der Waals surface area contributed by atoms with Gasteiger partial charge in [-0.2, -0.15) is 0 Å². The number of halogens is 1. The molecule has 0 amide bonds. The fourth-order valence-electron chi connectivity index (χ4n) is 3.16. The molecular weight excluding hydrogens is 280 g/mol. The molecule has 1 aromatic carbocycles. The Labute approximate surface area is 131 Å². The van der Waals surface area contributed by atoms with Crippen LogP contribution in [-0.2, 0) is 19.4 Å². The third-order valence-electron chi connectivity index (χ3n) is 4.73. The van der Waals surface area contributed by atoms with Crippen molar-refractivity contribution in [3.05, 3.63) is 39.5 Å². The van der Waals surface area contributed by atoms with E-state index in [9.17, 15) is 0 Å². The zero-order chi connectivity index (χ0) is 15.0. The van der Waals surface area contributed by atoms with Crippen molar-refractivity contribution in [1.29, 1.82) is 0 Å². The quantitative estimate of drug-likeness (QED) is 0.894. The maximum absolute atomic E-state index is 6.29. The van der Waals surface area contributed by atoms with Crippen molar-refractivity contribution in [1.82, 2.24) is 10.3 Å². The van der Waals surface area contributed by atoms with Crippen LogP contribution in [0.1, 0.15) is 49.1 Å². The molecule has 3 heteroatoms. The van der Waals surface area contributed by atoms with Crippen LogP contribution in [0.3, 0.4) is 0 Å². The van der Waals surface area contributed by atoms with E-state index in [2.05, 4.69) is 32.2 Å². The lowest BCUT2D eigenvalue weighted by Crippen LogP contribution is -2.25. The van der Waals surface area contributed by atoms with Crippen molar-refractivity contribution in [3.8, 4) is 0 Å². The van der Waals surface area contributed by atoms with Crippen LogP contribution in [0.15, 0.2) is 12.1 Å². The molecule has 112 valence electrons. The Morgan fingerprint density at radius 3 is 2.90 bits per heavy atom. The highest BCUT2D eigenvalue weighted by molar-refractivity contribution is 6.32. The topological polar surface area (TPSA) is 24.9 Å². The largest absolute Gasteiger partial charge is 0.310 e. The van der Waals surface area contributed by atoms with Crippen LogP contribution in [-0.4, -0.2) is 11.0 Å². The summed E-state index contributed by atoms with van der Waals surface area (Å²) in [6, 6.07) is 4.69. The van der Waals surface area contributed by atoms with Crippen molar-refractivity contribution in [2.45, 2.75) is 59.0 Å². The second-order valence-corrected chi connectivity index (χ2v) is 6.54. The Morgan fingerprint density at radius 1 is 1.33 bits per heavy atom. The summed E-state index contributed by atoms with van der Waals surface area (Å²) < 4.78 is 0. The molecule has 1 N–H and O–H groups in total. The number of rotatable bonds is 4. The fourth-order valence-corrected chi connectivity index (χ4v) is 3.31. The van der Waals surface area contributed by atoms with E-state index in [-0.39, 0.29) is 0 Å². The average molecular weight is 303 g/mol. The van der Waals surface area contributed by atoms with Crippen molar-refractivity contribution in [2.24, 2.45) is 0 Å². The Bertz CT molecular complexity index is 679. The molecule has 1 heterocycles. The number of fused-ring (bicyclic) bond motifs is 2. The minimum absolute atomic E-state index is 0.540. The third kappa shape index (κ3) is 2.67. The molecule has 0 spiro atoms. The highest BCUT2D eigenvalue weighted by Crippen LogP contribution is 2.33. The van der Waals surface area contributed by atoms with Gasteiger partial charge in [0, 0.05) is 28.7 Å². The number of nitrogens with one attached hydrogen (secondary N) is 1. The molecule has 2 nitrogen and oxygen atoms in total. The number of hydrogen-bond acceptors (Lipinski definition) is 2. The van der Waals surface area contributed by atoms with Gasteiger partial charge in [-0.25, -0.2) is 0 Å². The Balaban J connectivity index is 2.14. The predicted molar refractivity (Wildman–Crippen MR) is 90.1 cm³/mol. The Morgan fingerprint density at radius 2 is 2.14 bits per heavy atom. The van der Waals surface area contributed by atoms with Crippen LogP contribution >= 0.6 is 11.6 Å². The summed E-state index contributed by atoms with van der Waals surface area (Å²) in [4.78, 5) is 4.91. The van der Waals surface area contributed by atoms with Crippen LogP contribution < -0.4 is 5.32 Å². The number of nitrogens with zero attached hydrogens (tertiary/aromatic N) is 1. The van der Waals surface area contributed by atoms with Crippen LogP contribution in [0.4, 0.5) is 0 Å². The second-order valence-electron chi connectivity index (χ2n) is 6.13. The number of benzene rings is 1. The van der Waals surface area contributed by atoms with Gasteiger partial charge in [0.25, 0.3) is 0 Å². The summed E-state index contributed by atoms with van der Waals surface area (Å²) in [5.41, 5.74) is 6.39. The van der Waals surface area contributed by atoms with Crippen LogP contribution in [0, 0.1) is 6.92 Å². The molecule has 0 radical (unpaired) electrons. The molecule has 1 aliphatic carbocycles. The van der Waals surface area contributed by atoms with Gasteiger partial charge in [0.1, 0.15) is 0 Å². The highest BCUT2D eigenvalue weighted by atomic mass is 35.5. The minimum Gasteiger partial charge on any atom is -0.310 e. The van der Waals surface area contributed by atoms with Crippen LogP contribution in [0.25, 0.3) is 10.9 Å². The number of aromatic nitrogens is 1. The first-order valence-electron chi connectivity index (χ1n) is 7.94. The van der Waals surface area contributed by atoms with Crippen molar-refractivity contribution >= 4 is 22.5 Å². The zero-order valence-corrected chi connectivity index (χ0v) is 13.8. The molecule has 1 aliphatic rings. The molecule has 0 saturated carbocycles. The summed E-state index contributed by atoms with van der Waals surface area (Å²) in [6.45, 7) is 7.46. The highest BCUT2D eigenvalue weighted by Gasteiger charge is 2.20. The Hall–Kier alpha value is -1.12. The fraction of sp³-hybridized carbons (Fsp3) is 0.500. The molecule has 0 fully saturated rings. The van der Waals surface area contributed by atoms with E-state index in [1.807, 2.05) is 6.07 Å². The van der Waals surface area contributed by atoms with E-state index < -0.39 is 0 Å². The van der Waals surface area contributed by atoms with Gasteiger partial charge >= 0.3 is 0 Å². The average Bonchev–Trinajstić information content (AvgIpc) is 2.95. The lowest BCUT2D eigenvalue weighted by atomic mass is 9.99. The maximum atomic E-state index is 6.29. The van der Waals surface area contributed by atoms with Gasteiger partial charge in [-0.05, 0) is 62.3 Å². The molecule has 1 atom stereocenters. The number of hydrogen-bond donors (Lipinski definition) is 1.